The van der Waals surface area contributed by atoms with Crippen molar-refractivity contribution in [3.8, 4) is 0 Å². The number of aromatic nitrogens is 2. The van der Waals surface area contributed by atoms with Gasteiger partial charge in [0.05, 0.1) is 28.4 Å². The molecule has 10 heteroatoms. The number of H-pyrrole nitrogens is 1. The standard InChI is InChI=1S/C25H28N4O5S/c30-24-21-10-1-2-11-22(21)26-23(27-24)17-28(16-19-8-6-14-34-19)25(31)18-7-5-9-20(15-18)35(32,33)29-12-3-4-13-29/h1-2,5,7,9-11,15,19H,3-4,6,8,12-14,16-17H2,(H,26,27,30)/t19-/m0/s1. The Hall–Kier alpha value is -3.08. The predicted molar refractivity (Wildman–Crippen MR) is 131 cm³/mol. The van der Waals surface area contributed by atoms with Crippen LogP contribution in [0.25, 0.3) is 10.9 Å². The molecule has 3 aromatic rings. The number of sulfonamides is 1. The van der Waals surface area contributed by atoms with Crippen LogP contribution in [0.1, 0.15) is 41.9 Å². The Morgan fingerprint density at radius 1 is 1.11 bits per heavy atom. The molecule has 1 aromatic heterocycles. The van der Waals surface area contributed by atoms with Crippen LogP contribution in [0, 0.1) is 0 Å². The number of nitrogens with zero attached hydrogens (tertiary/aromatic N) is 3. The second-order valence-corrected chi connectivity index (χ2v) is 10.9. The minimum atomic E-state index is -3.65. The van der Waals surface area contributed by atoms with Crippen molar-refractivity contribution in [1.82, 2.24) is 19.2 Å². The Labute approximate surface area is 203 Å². The van der Waals surface area contributed by atoms with Gasteiger partial charge in [0.2, 0.25) is 10.0 Å². The molecule has 0 radical (unpaired) electrons. The van der Waals surface area contributed by atoms with Crippen molar-refractivity contribution in [3.63, 3.8) is 0 Å². The summed E-state index contributed by atoms with van der Waals surface area (Å²) >= 11 is 0. The summed E-state index contributed by atoms with van der Waals surface area (Å²) in [6.07, 6.45) is 3.30. The van der Waals surface area contributed by atoms with Gasteiger partial charge in [-0.15, -0.1) is 0 Å². The number of amides is 1. The molecular weight excluding hydrogens is 468 g/mol. The highest BCUT2D eigenvalue weighted by atomic mass is 32.2. The van der Waals surface area contributed by atoms with Gasteiger partial charge in [-0.1, -0.05) is 18.2 Å². The second-order valence-electron chi connectivity index (χ2n) is 8.99. The van der Waals surface area contributed by atoms with Crippen molar-refractivity contribution in [2.24, 2.45) is 0 Å². The lowest BCUT2D eigenvalue weighted by molar-refractivity contribution is 0.0501. The van der Waals surface area contributed by atoms with Gasteiger partial charge in [0.25, 0.3) is 11.5 Å². The van der Waals surface area contributed by atoms with Crippen molar-refractivity contribution < 1.29 is 17.9 Å². The maximum absolute atomic E-state index is 13.6. The van der Waals surface area contributed by atoms with Crippen molar-refractivity contribution in [2.45, 2.75) is 43.2 Å². The van der Waals surface area contributed by atoms with Crippen molar-refractivity contribution in [2.75, 3.05) is 26.2 Å². The van der Waals surface area contributed by atoms with Crippen LogP contribution in [-0.2, 0) is 21.3 Å². The Morgan fingerprint density at radius 2 is 1.91 bits per heavy atom. The Bertz CT molecular complexity index is 1390. The van der Waals surface area contributed by atoms with E-state index in [0.29, 0.717) is 43.0 Å². The van der Waals surface area contributed by atoms with Crippen LogP contribution in [0.3, 0.4) is 0 Å². The van der Waals surface area contributed by atoms with Crippen molar-refractivity contribution in [3.05, 3.63) is 70.3 Å². The molecule has 184 valence electrons. The fourth-order valence-electron chi connectivity index (χ4n) is 4.69. The van der Waals surface area contributed by atoms with Crippen molar-refractivity contribution in [1.29, 1.82) is 0 Å². The molecule has 0 unspecified atom stereocenters. The molecule has 0 aliphatic carbocycles. The van der Waals surface area contributed by atoms with Crippen LogP contribution < -0.4 is 5.56 Å². The number of aromatic amines is 1. The molecule has 1 atom stereocenters. The van der Waals surface area contributed by atoms with Crippen LogP contribution in [0.4, 0.5) is 0 Å². The lowest BCUT2D eigenvalue weighted by atomic mass is 10.1. The number of nitrogens with one attached hydrogen (secondary N) is 1. The molecule has 0 saturated carbocycles. The van der Waals surface area contributed by atoms with Gasteiger partial charge in [-0.05, 0) is 56.0 Å². The summed E-state index contributed by atoms with van der Waals surface area (Å²) in [4.78, 5) is 35.2. The summed E-state index contributed by atoms with van der Waals surface area (Å²) in [6, 6.07) is 13.2. The molecule has 9 nitrogen and oxygen atoms in total. The van der Waals surface area contributed by atoms with E-state index in [4.69, 9.17) is 4.74 Å². The minimum Gasteiger partial charge on any atom is -0.376 e. The fraction of sp³-hybridized carbons (Fsp3) is 0.400. The first kappa shape index (κ1) is 23.7. The molecule has 2 saturated heterocycles. The monoisotopic (exact) mass is 496 g/mol. The zero-order valence-electron chi connectivity index (χ0n) is 19.4. The predicted octanol–water partition coefficient (Wildman–Crippen LogP) is 2.53. The van der Waals surface area contributed by atoms with E-state index in [1.54, 1.807) is 41.3 Å². The van der Waals surface area contributed by atoms with E-state index < -0.39 is 10.0 Å². The SMILES string of the molecule is O=C(c1cccc(S(=O)(=O)N2CCCC2)c1)N(Cc1nc2ccccc2c(=O)[nH]1)C[C@@H]1CCCO1. The number of para-hydroxylation sites is 1. The zero-order chi connectivity index (χ0) is 24.4. The first-order valence-corrected chi connectivity index (χ1v) is 13.3. The van der Waals surface area contributed by atoms with Gasteiger partial charge in [-0.25, -0.2) is 13.4 Å². The summed E-state index contributed by atoms with van der Waals surface area (Å²) < 4.78 is 33.3. The quantitative estimate of drug-likeness (QED) is 0.538. The lowest BCUT2D eigenvalue weighted by Crippen LogP contribution is -2.38. The molecule has 2 aromatic carbocycles. The molecule has 0 spiro atoms. The number of benzene rings is 2. The van der Waals surface area contributed by atoms with Gasteiger partial charge in [0.15, 0.2) is 0 Å². The first-order valence-electron chi connectivity index (χ1n) is 11.9. The molecule has 5 rings (SSSR count). The molecular formula is C25H28N4O5S. The van der Waals surface area contributed by atoms with Gasteiger partial charge >= 0.3 is 0 Å². The lowest BCUT2D eigenvalue weighted by Gasteiger charge is -2.25. The zero-order valence-corrected chi connectivity index (χ0v) is 20.2. The van der Waals surface area contributed by atoms with Crippen LogP contribution >= 0.6 is 0 Å². The van der Waals surface area contributed by atoms with E-state index in [1.807, 2.05) is 0 Å². The van der Waals surface area contributed by atoms with Gasteiger partial charge in [0.1, 0.15) is 5.82 Å². The molecule has 0 bridgehead atoms. The smallest absolute Gasteiger partial charge is 0.258 e. The largest absolute Gasteiger partial charge is 0.376 e. The van der Waals surface area contributed by atoms with Crippen LogP contribution in [-0.4, -0.2) is 65.8 Å². The normalized spacial score (nSPS) is 18.8. The maximum Gasteiger partial charge on any atom is 0.258 e. The Kier molecular flexibility index (Phi) is 6.68. The summed E-state index contributed by atoms with van der Waals surface area (Å²) in [7, 11) is -3.65. The second kappa shape index (κ2) is 9.88. The molecule has 2 fully saturated rings. The number of ether oxygens (including phenoxy) is 1. The summed E-state index contributed by atoms with van der Waals surface area (Å²) in [6.45, 7) is 2.01. The summed E-state index contributed by atoms with van der Waals surface area (Å²) in [5.41, 5.74) is 0.551. The van der Waals surface area contributed by atoms with Crippen LogP contribution in [0.5, 0.6) is 0 Å². The highest BCUT2D eigenvalue weighted by Crippen LogP contribution is 2.23. The fourth-order valence-corrected chi connectivity index (χ4v) is 6.26. The van der Waals surface area contributed by atoms with Crippen LogP contribution in [0.15, 0.2) is 58.2 Å². The third-order valence-electron chi connectivity index (χ3n) is 6.52. The van der Waals surface area contributed by atoms with Crippen LogP contribution in [0.2, 0.25) is 0 Å². The molecule has 3 heterocycles. The van der Waals surface area contributed by atoms with Crippen molar-refractivity contribution >= 4 is 26.8 Å². The highest BCUT2D eigenvalue weighted by molar-refractivity contribution is 7.89. The maximum atomic E-state index is 13.6. The third-order valence-corrected chi connectivity index (χ3v) is 8.42. The number of fused-ring (bicyclic) bond motifs is 1. The number of hydrogen-bond acceptors (Lipinski definition) is 6. The molecule has 2 aliphatic rings. The van der Waals surface area contributed by atoms with E-state index in [9.17, 15) is 18.0 Å². The minimum absolute atomic E-state index is 0.0713. The number of rotatable bonds is 7. The van der Waals surface area contributed by atoms with E-state index >= 15 is 0 Å². The van der Waals surface area contributed by atoms with E-state index in [-0.39, 0.29) is 34.6 Å². The number of carbonyl (C=O) groups excluding carboxylic acids is 1. The van der Waals surface area contributed by atoms with Gasteiger partial charge in [0, 0.05) is 31.8 Å². The van der Waals surface area contributed by atoms with E-state index in [2.05, 4.69) is 9.97 Å². The van der Waals surface area contributed by atoms with Gasteiger partial charge in [-0.3, -0.25) is 9.59 Å². The van der Waals surface area contributed by atoms with Gasteiger partial charge in [-0.2, -0.15) is 4.31 Å². The highest BCUT2D eigenvalue weighted by Gasteiger charge is 2.29. The average molecular weight is 497 g/mol. The summed E-state index contributed by atoms with van der Waals surface area (Å²) in [5, 5.41) is 0.480. The average Bonchev–Trinajstić information content (AvgIpc) is 3.58. The van der Waals surface area contributed by atoms with E-state index in [0.717, 1.165) is 25.7 Å². The van der Waals surface area contributed by atoms with E-state index in [1.165, 1.54) is 16.4 Å². The number of carbonyl (C=O) groups is 1. The molecule has 1 amide bonds. The Morgan fingerprint density at radius 3 is 2.69 bits per heavy atom. The number of hydrogen-bond donors (Lipinski definition) is 1. The Balaban J connectivity index is 1.45. The molecule has 35 heavy (non-hydrogen) atoms. The molecule has 1 N–H and O–H groups in total. The summed E-state index contributed by atoms with van der Waals surface area (Å²) in [5.74, 6) is 0.0238. The topological polar surface area (TPSA) is 113 Å². The third kappa shape index (κ3) is 5.00. The van der Waals surface area contributed by atoms with Gasteiger partial charge < -0.3 is 14.6 Å². The molecule has 2 aliphatic heterocycles. The first-order chi connectivity index (χ1) is 16.9.